The summed E-state index contributed by atoms with van der Waals surface area (Å²) in [5, 5.41) is 4.34. The van der Waals surface area contributed by atoms with Gasteiger partial charge in [-0.3, -0.25) is 15.3 Å². The van der Waals surface area contributed by atoms with Crippen LogP contribution in [0.15, 0.2) is 29.5 Å². The first-order valence-corrected chi connectivity index (χ1v) is 11.2. The van der Waals surface area contributed by atoms with Crippen molar-refractivity contribution in [3.05, 3.63) is 41.2 Å². The Hall–Kier alpha value is -2.75. The van der Waals surface area contributed by atoms with Crippen molar-refractivity contribution in [1.82, 2.24) is 14.9 Å². The van der Waals surface area contributed by atoms with Crippen molar-refractivity contribution in [3.63, 3.8) is 0 Å². The molecule has 2 fully saturated rings. The van der Waals surface area contributed by atoms with Gasteiger partial charge in [-0.25, -0.2) is 0 Å². The highest BCUT2D eigenvalue weighted by molar-refractivity contribution is 5.78. The van der Waals surface area contributed by atoms with Gasteiger partial charge in [-0.1, -0.05) is 0 Å². The maximum absolute atomic E-state index is 6.02. The number of anilines is 2. The fourth-order valence-corrected chi connectivity index (χ4v) is 3.61. The van der Waals surface area contributed by atoms with Crippen LogP contribution in [-0.4, -0.2) is 86.8 Å². The van der Waals surface area contributed by atoms with Crippen LogP contribution in [0.2, 0.25) is 0 Å². The van der Waals surface area contributed by atoms with Gasteiger partial charge in [-0.2, -0.15) is 10.1 Å². The first kappa shape index (κ1) is 22.4. The van der Waals surface area contributed by atoms with E-state index >= 15 is 0 Å². The molecule has 0 amide bonds. The number of nitrogens with one attached hydrogen (secondary N) is 1. The van der Waals surface area contributed by atoms with Gasteiger partial charge in [0.25, 0.3) is 0 Å². The number of hydrogen-bond donors (Lipinski definition) is 1. The Bertz CT molecular complexity index is 911. The van der Waals surface area contributed by atoms with Gasteiger partial charge in [0, 0.05) is 56.7 Å². The van der Waals surface area contributed by atoms with Crippen molar-refractivity contribution >= 4 is 17.7 Å². The lowest BCUT2D eigenvalue weighted by Gasteiger charge is -2.29. The maximum atomic E-state index is 6.02. The molecule has 32 heavy (non-hydrogen) atoms. The van der Waals surface area contributed by atoms with E-state index in [0.717, 1.165) is 76.1 Å². The van der Waals surface area contributed by atoms with Crippen LogP contribution in [0.25, 0.3) is 0 Å². The summed E-state index contributed by atoms with van der Waals surface area (Å²) < 4.78 is 16.9. The predicted octanol–water partition coefficient (Wildman–Crippen LogP) is 2.09. The van der Waals surface area contributed by atoms with Crippen LogP contribution in [0.4, 0.5) is 11.5 Å². The summed E-state index contributed by atoms with van der Waals surface area (Å²) in [7, 11) is 0. The molecule has 2 aliphatic heterocycles. The molecule has 0 atom stereocenters. The first-order valence-electron chi connectivity index (χ1n) is 11.2. The molecular formula is C23H32N6O3. The summed E-state index contributed by atoms with van der Waals surface area (Å²) in [4.78, 5) is 13.6. The van der Waals surface area contributed by atoms with E-state index in [1.807, 2.05) is 31.3 Å². The zero-order valence-electron chi connectivity index (χ0n) is 18.9. The SMILES string of the molecule is Cc1cnc(C=NNc2cc(N3CCOCC3)cc(OCCN3CCOCC3)n2)cc1C. The Morgan fingerprint density at radius 3 is 2.53 bits per heavy atom. The minimum absolute atomic E-state index is 0.578. The summed E-state index contributed by atoms with van der Waals surface area (Å²) in [6.07, 6.45) is 3.56. The first-order chi connectivity index (χ1) is 15.7. The van der Waals surface area contributed by atoms with Gasteiger partial charge in [0.05, 0.1) is 38.3 Å². The van der Waals surface area contributed by atoms with Crippen molar-refractivity contribution in [3.8, 4) is 5.88 Å². The largest absolute Gasteiger partial charge is 0.476 e. The van der Waals surface area contributed by atoms with E-state index in [2.05, 4.69) is 37.2 Å². The van der Waals surface area contributed by atoms with E-state index in [1.54, 1.807) is 6.21 Å². The van der Waals surface area contributed by atoms with Gasteiger partial charge in [-0.15, -0.1) is 0 Å². The molecule has 2 aromatic rings. The summed E-state index contributed by atoms with van der Waals surface area (Å²) in [6.45, 7) is 12.1. The van der Waals surface area contributed by atoms with Crippen LogP contribution < -0.4 is 15.1 Å². The zero-order chi connectivity index (χ0) is 22.2. The second-order valence-corrected chi connectivity index (χ2v) is 8.01. The summed E-state index contributed by atoms with van der Waals surface area (Å²) in [5.74, 6) is 1.22. The molecule has 0 spiro atoms. The molecule has 2 aromatic heterocycles. The van der Waals surface area contributed by atoms with Gasteiger partial charge >= 0.3 is 0 Å². The molecule has 1 N–H and O–H groups in total. The maximum Gasteiger partial charge on any atom is 0.217 e. The lowest BCUT2D eigenvalue weighted by atomic mass is 10.1. The Morgan fingerprint density at radius 2 is 1.78 bits per heavy atom. The molecule has 4 heterocycles. The topological polar surface area (TPSA) is 84.3 Å². The minimum Gasteiger partial charge on any atom is -0.476 e. The Balaban J connectivity index is 1.43. The Labute approximate surface area is 189 Å². The molecule has 0 saturated carbocycles. The molecule has 9 nitrogen and oxygen atoms in total. The number of morpholine rings is 2. The van der Waals surface area contributed by atoms with E-state index in [9.17, 15) is 0 Å². The van der Waals surface area contributed by atoms with Gasteiger partial charge in [0.2, 0.25) is 5.88 Å². The number of nitrogens with zero attached hydrogens (tertiary/aromatic N) is 5. The van der Waals surface area contributed by atoms with Gasteiger partial charge < -0.3 is 19.1 Å². The van der Waals surface area contributed by atoms with Crippen molar-refractivity contribution in [2.24, 2.45) is 5.10 Å². The lowest BCUT2D eigenvalue weighted by molar-refractivity contribution is 0.0320. The van der Waals surface area contributed by atoms with Crippen molar-refractivity contribution in [1.29, 1.82) is 0 Å². The summed E-state index contributed by atoms with van der Waals surface area (Å²) >= 11 is 0. The normalized spacial score (nSPS) is 17.6. The van der Waals surface area contributed by atoms with E-state index in [1.165, 1.54) is 5.56 Å². The van der Waals surface area contributed by atoms with E-state index in [-0.39, 0.29) is 0 Å². The molecule has 4 rings (SSSR count). The van der Waals surface area contributed by atoms with Crippen molar-refractivity contribution in [2.75, 3.05) is 76.1 Å². The van der Waals surface area contributed by atoms with Gasteiger partial charge in [0.1, 0.15) is 6.61 Å². The molecule has 9 heteroatoms. The van der Waals surface area contributed by atoms with E-state index in [4.69, 9.17) is 14.2 Å². The third-order valence-electron chi connectivity index (χ3n) is 5.69. The number of pyridine rings is 2. The van der Waals surface area contributed by atoms with Crippen LogP contribution in [-0.2, 0) is 9.47 Å². The van der Waals surface area contributed by atoms with Crippen LogP contribution in [0.1, 0.15) is 16.8 Å². The highest BCUT2D eigenvalue weighted by Gasteiger charge is 2.15. The van der Waals surface area contributed by atoms with Gasteiger partial charge in [0.15, 0.2) is 5.82 Å². The second kappa shape index (κ2) is 11.2. The fourth-order valence-electron chi connectivity index (χ4n) is 3.61. The molecule has 2 saturated heterocycles. The summed E-state index contributed by atoms with van der Waals surface area (Å²) in [6, 6.07) is 5.99. The highest BCUT2D eigenvalue weighted by atomic mass is 16.5. The van der Waals surface area contributed by atoms with Crippen LogP contribution in [0.3, 0.4) is 0 Å². The molecule has 2 aliphatic rings. The Morgan fingerprint density at radius 1 is 1.03 bits per heavy atom. The van der Waals surface area contributed by atoms with E-state index < -0.39 is 0 Å². The quantitative estimate of drug-likeness (QED) is 0.494. The fraction of sp³-hybridized carbons (Fsp3) is 0.522. The molecular weight excluding hydrogens is 408 g/mol. The lowest BCUT2D eigenvalue weighted by Crippen LogP contribution is -2.38. The molecule has 0 aromatic carbocycles. The van der Waals surface area contributed by atoms with E-state index in [0.29, 0.717) is 18.3 Å². The number of aryl methyl sites for hydroxylation is 2. The highest BCUT2D eigenvalue weighted by Crippen LogP contribution is 2.25. The third-order valence-corrected chi connectivity index (χ3v) is 5.69. The molecule has 0 unspecified atom stereocenters. The number of aromatic nitrogens is 2. The molecule has 0 bridgehead atoms. The average molecular weight is 441 g/mol. The number of hydrogen-bond acceptors (Lipinski definition) is 9. The zero-order valence-corrected chi connectivity index (χ0v) is 18.9. The predicted molar refractivity (Wildman–Crippen MR) is 125 cm³/mol. The van der Waals surface area contributed by atoms with Crippen molar-refractivity contribution in [2.45, 2.75) is 13.8 Å². The van der Waals surface area contributed by atoms with Crippen LogP contribution >= 0.6 is 0 Å². The Kier molecular flexibility index (Phi) is 7.87. The molecule has 0 radical (unpaired) electrons. The number of ether oxygens (including phenoxy) is 3. The number of rotatable bonds is 8. The smallest absolute Gasteiger partial charge is 0.217 e. The second-order valence-electron chi connectivity index (χ2n) is 8.01. The molecule has 172 valence electrons. The molecule has 0 aliphatic carbocycles. The average Bonchev–Trinajstić information content (AvgIpc) is 2.83. The van der Waals surface area contributed by atoms with Crippen LogP contribution in [0.5, 0.6) is 5.88 Å². The van der Waals surface area contributed by atoms with Crippen LogP contribution in [0, 0.1) is 13.8 Å². The summed E-state index contributed by atoms with van der Waals surface area (Å²) in [5.41, 5.74) is 7.23. The van der Waals surface area contributed by atoms with Crippen molar-refractivity contribution < 1.29 is 14.2 Å². The minimum atomic E-state index is 0.578. The number of hydrazone groups is 1. The third kappa shape index (κ3) is 6.38. The standard InChI is InChI=1S/C23H32N6O3/c1-18-13-20(24-16-19(18)2)17-25-27-22-14-21(29-6-10-31-11-7-29)15-23(26-22)32-12-5-28-3-8-30-9-4-28/h13-17H,3-12H2,1-2H3,(H,26,27). The monoisotopic (exact) mass is 440 g/mol. The van der Waals surface area contributed by atoms with Gasteiger partial charge in [-0.05, 0) is 31.0 Å².